The van der Waals surface area contributed by atoms with Crippen LogP contribution in [0, 0.1) is 11.2 Å². The standard InChI is InChI=1S/C22H23BrClFN4O2/c1-21(2,3)31-20(30)28-14-8-22(14)6-7-29(10-22)18-11(23)9-26-19-16(18)15-13(27-19)5-4-12(25)17(15)24/h4-5,9,14H,6-8,10H2,1-3H3,(H,26,27)(H,28,30)/t14-,22+/m1/s1. The number of aromatic nitrogens is 2. The molecule has 3 heterocycles. The van der Waals surface area contributed by atoms with Crippen molar-refractivity contribution in [1.82, 2.24) is 15.3 Å². The lowest BCUT2D eigenvalue weighted by Crippen LogP contribution is -2.36. The van der Waals surface area contributed by atoms with Gasteiger partial charge in [0, 0.05) is 41.6 Å². The molecule has 0 radical (unpaired) electrons. The molecule has 1 spiro atoms. The molecule has 1 saturated carbocycles. The number of amides is 1. The summed E-state index contributed by atoms with van der Waals surface area (Å²) >= 11 is 10.0. The Labute approximate surface area is 192 Å². The van der Waals surface area contributed by atoms with E-state index in [4.69, 9.17) is 16.3 Å². The van der Waals surface area contributed by atoms with E-state index in [0.29, 0.717) is 11.0 Å². The summed E-state index contributed by atoms with van der Waals surface area (Å²) < 4.78 is 20.5. The van der Waals surface area contributed by atoms with Crippen LogP contribution in [-0.2, 0) is 4.74 Å². The maximum atomic E-state index is 14.2. The number of carbonyl (C=O) groups excluding carboxylic acids is 1. The molecule has 3 aromatic rings. The Balaban J connectivity index is 1.46. The highest BCUT2D eigenvalue weighted by Gasteiger charge is 2.58. The minimum Gasteiger partial charge on any atom is -0.444 e. The Hall–Kier alpha value is -2.06. The summed E-state index contributed by atoms with van der Waals surface area (Å²) in [6.45, 7) is 7.17. The molecule has 1 amide bonds. The quantitative estimate of drug-likeness (QED) is 0.460. The predicted octanol–water partition coefficient (Wildman–Crippen LogP) is 5.76. The number of benzene rings is 1. The predicted molar refractivity (Wildman–Crippen MR) is 123 cm³/mol. The normalized spacial score (nSPS) is 23.2. The van der Waals surface area contributed by atoms with E-state index in [1.54, 1.807) is 12.3 Å². The molecular formula is C22H23BrClFN4O2. The van der Waals surface area contributed by atoms with Crippen LogP contribution in [0.25, 0.3) is 21.9 Å². The van der Waals surface area contributed by atoms with Gasteiger partial charge in [-0.05, 0) is 61.7 Å². The summed E-state index contributed by atoms with van der Waals surface area (Å²) in [4.78, 5) is 22.2. The van der Waals surface area contributed by atoms with E-state index in [2.05, 4.69) is 36.1 Å². The van der Waals surface area contributed by atoms with E-state index in [1.807, 2.05) is 20.8 Å². The number of ether oxygens (including phenoxy) is 1. The van der Waals surface area contributed by atoms with Crippen LogP contribution in [0.5, 0.6) is 0 Å². The summed E-state index contributed by atoms with van der Waals surface area (Å²) in [5, 5.41) is 4.56. The van der Waals surface area contributed by atoms with Gasteiger partial charge in [-0.1, -0.05) is 11.6 Å². The van der Waals surface area contributed by atoms with Gasteiger partial charge in [0.05, 0.1) is 20.6 Å². The number of rotatable bonds is 2. The van der Waals surface area contributed by atoms with Gasteiger partial charge in [0.15, 0.2) is 0 Å². The second kappa shape index (κ2) is 6.97. The first-order valence-electron chi connectivity index (χ1n) is 10.3. The third-order valence-corrected chi connectivity index (χ3v) is 7.14. The Morgan fingerprint density at radius 2 is 2.19 bits per heavy atom. The van der Waals surface area contributed by atoms with Crippen molar-refractivity contribution in [1.29, 1.82) is 0 Å². The van der Waals surface area contributed by atoms with Crippen molar-refractivity contribution in [2.45, 2.75) is 45.3 Å². The van der Waals surface area contributed by atoms with Crippen LogP contribution in [0.4, 0.5) is 14.9 Å². The van der Waals surface area contributed by atoms with Gasteiger partial charge in [-0.15, -0.1) is 0 Å². The Morgan fingerprint density at radius 3 is 2.94 bits per heavy atom. The Morgan fingerprint density at radius 1 is 1.42 bits per heavy atom. The second-order valence-corrected chi connectivity index (χ2v) is 10.8. The first-order chi connectivity index (χ1) is 14.6. The van der Waals surface area contributed by atoms with Crippen LogP contribution < -0.4 is 10.2 Å². The monoisotopic (exact) mass is 508 g/mol. The molecule has 0 unspecified atom stereocenters. The van der Waals surface area contributed by atoms with E-state index >= 15 is 0 Å². The summed E-state index contributed by atoms with van der Waals surface area (Å²) in [5.41, 5.74) is 1.86. The number of hydrogen-bond acceptors (Lipinski definition) is 4. The van der Waals surface area contributed by atoms with Crippen LogP contribution >= 0.6 is 27.5 Å². The van der Waals surface area contributed by atoms with Crippen molar-refractivity contribution in [2.24, 2.45) is 5.41 Å². The van der Waals surface area contributed by atoms with E-state index < -0.39 is 11.4 Å². The van der Waals surface area contributed by atoms with Gasteiger partial charge >= 0.3 is 6.09 Å². The molecule has 164 valence electrons. The molecule has 6 nitrogen and oxygen atoms in total. The fourth-order valence-electron chi connectivity index (χ4n) is 4.69. The summed E-state index contributed by atoms with van der Waals surface area (Å²) in [5.74, 6) is -0.456. The van der Waals surface area contributed by atoms with Crippen LogP contribution in [-0.4, -0.2) is 40.8 Å². The molecule has 1 aliphatic heterocycles. The van der Waals surface area contributed by atoms with Gasteiger partial charge in [-0.25, -0.2) is 14.2 Å². The first kappa shape index (κ1) is 20.8. The molecule has 1 aliphatic carbocycles. The van der Waals surface area contributed by atoms with Crippen LogP contribution in [0.3, 0.4) is 0 Å². The molecule has 1 saturated heterocycles. The van der Waals surface area contributed by atoms with Gasteiger partial charge in [0.1, 0.15) is 17.1 Å². The lowest BCUT2D eigenvalue weighted by atomic mass is 10.1. The number of fused-ring (bicyclic) bond motifs is 3. The highest BCUT2D eigenvalue weighted by atomic mass is 79.9. The van der Waals surface area contributed by atoms with Crippen molar-refractivity contribution in [3.63, 3.8) is 0 Å². The van der Waals surface area contributed by atoms with Gasteiger partial charge < -0.3 is 19.9 Å². The fourth-order valence-corrected chi connectivity index (χ4v) is 5.50. The van der Waals surface area contributed by atoms with Crippen molar-refractivity contribution in [3.8, 4) is 0 Å². The number of halogens is 3. The van der Waals surface area contributed by atoms with Gasteiger partial charge in [-0.2, -0.15) is 0 Å². The van der Waals surface area contributed by atoms with Crippen molar-refractivity contribution < 1.29 is 13.9 Å². The number of alkyl carbamates (subject to hydrolysis) is 1. The van der Waals surface area contributed by atoms with Crippen molar-refractivity contribution in [2.75, 3.05) is 18.0 Å². The first-order valence-corrected chi connectivity index (χ1v) is 11.4. The summed E-state index contributed by atoms with van der Waals surface area (Å²) in [7, 11) is 0. The average molecular weight is 510 g/mol. The number of nitrogens with one attached hydrogen (secondary N) is 2. The molecule has 2 aliphatic rings. The van der Waals surface area contributed by atoms with Gasteiger partial charge in [-0.3, -0.25) is 0 Å². The molecule has 31 heavy (non-hydrogen) atoms. The summed E-state index contributed by atoms with van der Waals surface area (Å²) in [6.07, 6.45) is 3.25. The minimum atomic E-state index is -0.523. The molecule has 1 aromatic carbocycles. The largest absolute Gasteiger partial charge is 0.444 e. The maximum absolute atomic E-state index is 14.2. The number of aromatic amines is 1. The van der Waals surface area contributed by atoms with Crippen LogP contribution in [0.15, 0.2) is 22.8 Å². The van der Waals surface area contributed by atoms with Crippen molar-refractivity contribution >= 4 is 61.2 Å². The van der Waals surface area contributed by atoms with Crippen LogP contribution in [0.2, 0.25) is 5.02 Å². The zero-order chi connectivity index (χ0) is 22.1. The molecule has 2 N–H and O–H groups in total. The molecular weight excluding hydrogens is 487 g/mol. The van der Waals surface area contributed by atoms with Crippen molar-refractivity contribution in [3.05, 3.63) is 33.6 Å². The van der Waals surface area contributed by atoms with Gasteiger partial charge in [0.25, 0.3) is 0 Å². The number of H-pyrrole nitrogens is 1. The molecule has 5 rings (SSSR count). The number of anilines is 1. The third kappa shape index (κ3) is 3.53. The lowest BCUT2D eigenvalue weighted by molar-refractivity contribution is 0.0517. The molecule has 2 fully saturated rings. The molecule has 0 bridgehead atoms. The van der Waals surface area contributed by atoms with E-state index in [1.165, 1.54) is 6.07 Å². The third-order valence-electron chi connectivity index (χ3n) is 6.19. The van der Waals surface area contributed by atoms with Gasteiger partial charge in [0.2, 0.25) is 0 Å². The molecule has 9 heteroatoms. The van der Waals surface area contributed by atoms with E-state index in [-0.39, 0.29) is 22.6 Å². The minimum absolute atomic E-state index is 0.0209. The zero-order valence-electron chi connectivity index (χ0n) is 17.5. The molecule has 2 aromatic heterocycles. The number of carbonyl (C=O) groups is 1. The topological polar surface area (TPSA) is 70.2 Å². The Kier molecular flexibility index (Phi) is 4.68. The number of hydrogen-bond donors (Lipinski definition) is 2. The van der Waals surface area contributed by atoms with Crippen LogP contribution in [0.1, 0.15) is 33.6 Å². The SMILES string of the molecule is CC(C)(C)OC(=O)N[C@@H]1C[C@]12CCN(c1c(Br)cnc3[nH]c4ccc(F)c(Cl)c4c13)C2. The summed E-state index contributed by atoms with van der Waals surface area (Å²) in [6, 6.07) is 3.13. The highest BCUT2D eigenvalue weighted by molar-refractivity contribution is 9.10. The lowest BCUT2D eigenvalue weighted by Gasteiger charge is -2.22. The van der Waals surface area contributed by atoms with E-state index in [0.717, 1.165) is 47.0 Å². The fraction of sp³-hybridized carbons (Fsp3) is 0.455. The second-order valence-electron chi connectivity index (χ2n) is 9.52. The zero-order valence-corrected chi connectivity index (χ0v) is 19.8. The van der Waals surface area contributed by atoms with E-state index in [9.17, 15) is 9.18 Å². The number of pyridine rings is 1. The maximum Gasteiger partial charge on any atom is 0.407 e. The smallest absolute Gasteiger partial charge is 0.407 e. The highest BCUT2D eigenvalue weighted by Crippen LogP contribution is 2.55. The Bertz CT molecular complexity index is 1220. The number of nitrogens with zero attached hydrogens (tertiary/aromatic N) is 2. The average Bonchev–Trinajstić information content (AvgIpc) is 3.00. The molecule has 2 atom stereocenters.